The molecule has 0 atom stereocenters. The van der Waals surface area contributed by atoms with E-state index < -0.39 is 15.9 Å². The van der Waals surface area contributed by atoms with Crippen LogP contribution in [0.1, 0.15) is 0 Å². The number of carbonyl (C=O) groups excluding carboxylic acids is 1. The van der Waals surface area contributed by atoms with E-state index in [9.17, 15) is 13.2 Å². The van der Waals surface area contributed by atoms with Gasteiger partial charge in [-0.2, -0.15) is 0 Å². The first-order valence-electron chi connectivity index (χ1n) is 8.92. The minimum Gasteiger partial charge on any atom is -0.495 e. The molecule has 0 fully saturated rings. The highest BCUT2D eigenvalue weighted by Gasteiger charge is 2.17. The van der Waals surface area contributed by atoms with Crippen molar-refractivity contribution in [3.8, 4) is 11.5 Å². The monoisotopic (exact) mass is 480 g/mol. The second kappa shape index (κ2) is 9.91. The van der Waals surface area contributed by atoms with E-state index in [0.717, 1.165) is 0 Å². The zero-order valence-corrected chi connectivity index (χ0v) is 18.6. The molecule has 0 saturated carbocycles. The van der Waals surface area contributed by atoms with Gasteiger partial charge < -0.3 is 14.8 Å². The summed E-state index contributed by atoms with van der Waals surface area (Å²) in [5.74, 6) is 0.211. The maximum Gasteiger partial charge on any atom is 0.262 e. The van der Waals surface area contributed by atoms with Gasteiger partial charge in [0.1, 0.15) is 11.5 Å². The molecule has 3 rings (SSSR count). The molecule has 0 aliphatic rings. The van der Waals surface area contributed by atoms with Crippen molar-refractivity contribution in [2.75, 3.05) is 23.8 Å². The van der Waals surface area contributed by atoms with Gasteiger partial charge >= 0.3 is 0 Å². The molecule has 162 valence electrons. The van der Waals surface area contributed by atoms with E-state index in [0.29, 0.717) is 22.1 Å². The average Bonchev–Trinajstić information content (AvgIpc) is 2.73. The van der Waals surface area contributed by atoms with Gasteiger partial charge in [-0.15, -0.1) is 0 Å². The number of methoxy groups -OCH3 is 1. The van der Waals surface area contributed by atoms with Crippen molar-refractivity contribution < 1.29 is 22.7 Å². The van der Waals surface area contributed by atoms with Gasteiger partial charge in [0, 0.05) is 11.4 Å². The molecule has 1 amide bonds. The summed E-state index contributed by atoms with van der Waals surface area (Å²) in [4.78, 5) is 12.1. The van der Waals surface area contributed by atoms with Gasteiger partial charge in [0.2, 0.25) is 0 Å². The van der Waals surface area contributed by atoms with E-state index in [1.807, 2.05) is 0 Å². The first-order valence-corrected chi connectivity index (χ1v) is 11.2. The zero-order chi connectivity index (χ0) is 22.4. The van der Waals surface area contributed by atoms with Crippen LogP contribution in [-0.2, 0) is 14.8 Å². The molecular weight excluding hydrogens is 463 g/mol. The number of hydrogen-bond acceptors (Lipinski definition) is 5. The highest BCUT2D eigenvalue weighted by Crippen LogP contribution is 2.29. The number of amides is 1. The number of para-hydroxylation sites is 1. The number of nitrogens with one attached hydrogen (secondary N) is 2. The van der Waals surface area contributed by atoms with Gasteiger partial charge in [-0.3, -0.25) is 9.52 Å². The summed E-state index contributed by atoms with van der Waals surface area (Å²) >= 11 is 12.2. The number of anilines is 2. The van der Waals surface area contributed by atoms with E-state index in [2.05, 4.69) is 10.0 Å². The average molecular weight is 481 g/mol. The Labute approximate surface area is 189 Å². The van der Waals surface area contributed by atoms with Crippen molar-refractivity contribution in [3.63, 3.8) is 0 Å². The van der Waals surface area contributed by atoms with Crippen LogP contribution in [0.3, 0.4) is 0 Å². The molecule has 0 radical (unpaired) electrons. The van der Waals surface area contributed by atoms with E-state index in [1.165, 1.54) is 25.3 Å². The molecule has 0 unspecified atom stereocenters. The maximum atomic E-state index is 12.5. The topological polar surface area (TPSA) is 93.7 Å². The molecular formula is C21H18Cl2N2O5S. The van der Waals surface area contributed by atoms with Crippen molar-refractivity contribution in [3.05, 3.63) is 76.8 Å². The Balaban J connectivity index is 1.62. The highest BCUT2D eigenvalue weighted by molar-refractivity contribution is 7.92. The Morgan fingerprint density at radius 3 is 2.23 bits per heavy atom. The fourth-order valence-electron chi connectivity index (χ4n) is 2.57. The molecule has 0 heterocycles. The standard InChI is InChI=1S/C21H18Cl2N2O5S/c1-29-19-9-7-15(11-17(19)22)24-21(26)13-30-20-10-8-16(12-18(20)23)31(27,28)25-14-5-3-2-4-6-14/h2-12,25H,13H2,1H3,(H,24,26). The van der Waals surface area contributed by atoms with Crippen LogP contribution in [0.5, 0.6) is 11.5 Å². The third kappa shape index (κ3) is 6.04. The fraction of sp³-hybridized carbons (Fsp3) is 0.0952. The van der Waals surface area contributed by atoms with Gasteiger partial charge in [-0.25, -0.2) is 8.42 Å². The minimum atomic E-state index is -3.83. The van der Waals surface area contributed by atoms with E-state index in [4.69, 9.17) is 32.7 Å². The second-order valence-electron chi connectivity index (χ2n) is 6.25. The number of benzene rings is 3. The first kappa shape index (κ1) is 22.7. The Bertz CT molecular complexity index is 1190. The molecule has 0 bridgehead atoms. The van der Waals surface area contributed by atoms with E-state index in [1.54, 1.807) is 48.5 Å². The molecule has 3 aromatic rings. The number of carbonyl (C=O) groups is 1. The molecule has 0 aliphatic heterocycles. The summed E-state index contributed by atoms with van der Waals surface area (Å²) in [5, 5.41) is 3.04. The van der Waals surface area contributed by atoms with Gasteiger partial charge in [-0.05, 0) is 48.5 Å². The number of sulfonamides is 1. The van der Waals surface area contributed by atoms with Crippen LogP contribution >= 0.6 is 23.2 Å². The zero-order valence-electron chi connectivity index (χ0n) is 16.3. The van der Waals surface area contributed by atoms with Crippen LogP contribution in [0, 0.1) is 0 Å². The molecule has 0 aliphatic carbocycles. The molecule has 0 aromatic heterocycles. The molecule has 2 N–H and O–H groups in total. The number of rotatable bonds is 8. The third-order valence-electron chi connectivity index (χ3n) is 4.03. The summed E-state index contributed by atoms with van der Waals surface area (Å²) < 4.78 is 38.0. The van der Waals surface area contributed by atoms with Crippen molar-refractivity contribution in [2.45, 2.75) is 4.90 Å². The largest absolute Gasteiger partial charge is 0.495 e. The predicted octanol–water partition coefficient (Wildman–Crippen LogP) is 4.82. The minimum absolute atomic E-state index is 0.0361. The van der Waals surface area contributed by atoms with Gasteiger partial charge in [0.25, 0.3) is 15.9 Å². The number of hydrogen-bond donors (Lipinski definition) is 2. The molecule has 10 heteroatoms. The van der Waals surface area contributed by atoms with Crippen LogP contribution in [-0.4, -0.2) is 28.0 Å². The van der Waals surface area contributed by atoms with E-state index >= 15 is 0 Å². The number of halogens is 2. The predicted molar refractivity (Wildman–Crippen MR) is 121 cm³/mol. The molecule has 31 heavy (non-hydrogen) atoms. The van der Waals surface area contributed by atoms with Crippen molar-refractivity contribution in [1.82, 2.24) is 0 Å². The van der Waals surface area contributed by atoms with Gasteiger partial charge in [0.15, 0.2) is 6.61 Å². The van der Waals surface area contributed by atoms with Crippen LogP contribution < -0.4 is 19.5 Å². The van der Waals surface area contributed by atoms with Crippen molar-refractivity contribution in [2.24, 2.45) is 0 Å². The summed E-state index contributed by atoms with van der Waals surface area (Å²) in [6.45, 7) is -0.336. The van der Waals surface area contributed by atoms with E-state index in [-0.39, 0.29) is 22.3 Å². The molecule has 0 spiro atoms. The fourth-order valence-corrected chi connectivity index (χ4v) is 4.21. The second-order valence-corrected chi connectivity index (χ2v) is 8.75. The van der Waals surface area contributed by atoms with Crippen molar-refractivity contribution in [1.29, 1.82) is 0 Å². The van der Waals surface area contributed by atoms with Gasteiger partial charge in [-0.1, -0.05) is 41.4 Å². The lowest BCUT2D eigenvalue weighted by atomic mass is 10.3. The summed E-state index contributed by atoms with van der Waals surface area (Å²) in [5.41, 5.74) is 0.896. The van der Waals surface area contributed by atoms with Crippen molar-refractivity contribution >= 4 is 50.5 Å². The third-order valence-corrected chi connectivity index (χ3v) is 6.00. The number of ether oxygens (including phenoxy) is 2. The Kier molecular flexibility index (Phi) is 7.27. The van der Waals surface area contributed by atoms with Crippen LogP contribution in [0.15, 0.2) is 71.6 Å². The lowest BCUT2D eigenvalue weighted by molar-refractivity contribution is -0.118. The lowest BCUT2D eigenvalue weighted by Crippen LogP contribution is -2.20. The maximum absolute atomic E-state index is 12.5. The summed E-state index contributed by atoms with van der Waals surface area (Å²) in [6.07, 6.45) is 0. The Hall–Kier alpha value is -2.94. The lowest BCUT2D eigenvalue weighted by Gasteiger charge is -2.12. The first-order chi connectivity index (χ1) is 14.8. The molecule has 0 saturated heterocycles. The Morgan fingerprint density at radius 2 is 1.58 bits per heavy atom. The SMILES string of the molecule is COc1ccc(NC(=O)COc2ccc(S(=O)(=O)Nc3ccccc3)cc2Cl)cc1Cl. The van der Waals surface area contributed by atoms with Crippen LogP contribution in [0.25, 0.3) is 0 Å². The smallest absolute Gasteiger partial charge is 0.262 e. The Morgan fingerprint density at radius 1 is 0.903 bits per heavy atom. The van der Waals surface area contributed by atoms with Crippen LogP contribution in [0.4, 0.5) is 11.4 Å². The molecule has 3 aromatic carbocycles. The highest BCUT2D eigenvalue weighted by atomic mass is 35.5. The van der Waals surface area contributed by atoms with Crippen LogP contribution in [0.2, 0.25) is 10.0 Å². The summed E-state index contributed by atoms with van der Waals surface area (Å²) in [6, 6.07) is 17.3. The summed E-state index contributed by atoms with van der Waals surface area (Å²) in [7, 11) is -2.34. The quantitative estimate of drug-likeness (QED) is 0.481. The normalized spacial score (nSPS) is 10.9. The van der Waals surface area contributed by atoms with Gasteiger partial charge in [0.05, 0.1) is 22.1 Å². The molecule has 7 nitrogen and oxygen atoms in total.